The lowest BCUT2D eigenvalue weighted by Gasteiger charge is -2.06. The second-order valence-corrected chi connectivity index (χ2v) is 2.99. The fourth-order valence-electron chi connectivity index (χ4n) is 1.05. The molecule has 0 saturated carbocycles. The Morgan fingerprint density at radius 1 is 1.50 bits per heavy atom. The number of ether oxygens (including phenoxy) is 1. The van der Waals surface area contributed by atoms with Crippen LogP contribution >= 0.6 is 0 Å². The fraction of sp³-hybridized carbons (Fsp3) is 0.200. The van der Waals surface area contributed by atoms with Gasteiger partial charge in [0, 0.05) is 0 Å². The number of hydrogen-bond acceptors (Lipinski definition) is 4. The van der Waals surface area contributed by atoms with Gasteiger partial charge in [0.15, 0.2) is 5.96 Å². The molecule has 0 spiro atoms. The number of aromatic hydroxyl groups is 1. The highest BCUT2D eigenvalue weighted by Gasteiger charge is 2.10. The molecule has 6 heteroatoms. The second kappa shape index (κ2) is 5.59. The van der Waals surface area contributed by atoms with Crippen LogP contribution in [0.5, 0.6) is 5.75 Å². The summed E-state index contributed by atoms with van der Waals surface area (Å²) in [4.78, 5) is 11.4. The molecule has 6 nitrogen and oxygen atoms in total. The Hall–Kier alpha value is -2.24. The molecule has 0 aromatic heterocycles. The molecule has 0 heterocycles. The van der Waals surface area contributed by atoms with Crippen molar-refractivity contribution in [1.29, 1.82) is 5.41 Å². The van der Waals surface area contributed by atoms with E-state index in [4.69, 9.17) is 15.9 Å². The van der Waals surface area contributed by atoms with Crippen LogP contribution in [0.3, 0.4) is 0 Å². The maximum absolute atomic E-state index is 11.4. The lowest BCUT2D eigenvalue weighted by Crippen LogP contribution is -2.33. The van der Waals surface area contributed by atoms with Gasteiger partial charge >= 0.3 is 5.97 Å². The Bertz CT molecular complexity index is 393. The number of nitrogens with two attached hydrogens (primary N) is 1. The molecule has 0 unspecified atom stereocenters. The maximum Gasteiger partial charge on any atom is 0.341 e. The average molecular weight is 223 g/mol. The Labute approximate surface area is 92.5 Å². The summed E-state index contributed by atoms with van der Waals surface area (Å²) in [6.07, 6.45) is 0. The zero-order valence-corrected chi connectivity index (χ0v) is 8.56. The first-order valence-corrected chi connectivity index (χ1v) is 4.64. The smallest absolute Gasteiger partial charge is 0.341 e. The quantitative estimate of drug-likeness (QED) is 0.249. The van der Waals surface area contributed by atoms with Crippen molar-refractivity contribution in [2.24, 2.45) is 5.73 Å². The van der Waals surface area contributed by atoms with E-state index in [1.165, 1.54) is 12.1 Å². The summed E-state index contributed by atoms with van der Waals surface area (Å²) in [5.74, 6) is -0.908. The molecule has 1 aromatic carbocycles. The lowest BCUT2D eigenvalue weighted by atomic mass is 10.2. The number of nitrogens with one attached hydrogen (secondary N) is 2. The third-order valence-electron chi connectivity index (χ3n) is 1.77. The van der Waals surface area contributed by atoms with Gasteiger partial charge in [0.2, 0.25) is 0 Å². The number of benzene rings is 1. The standard InChI is InChI=1S/C10H13N3O3/c11-10(12)13-5-6-16-9(15)7-3-1-2-4-8(7)14/h1-4,14H,5-6H2,(H4,11,12,13). The van der Waals surface area contributed by atoms with E-state index in [1.54, 1.807) is 12.1 Å². The number of carbonyl (C=O) groups is 1. The monoisotopic (exact) mass is 223 g/mol. The van der Waals surface area contributed by atoms with E-state index < -0.39 is 5.97 Å². The van der Waals surface area contributed by atoms with Crippen molar-refractivity contribution in [2.45, 2.75) is 0 Å². The number of esters is 1. The van der Waals surface area contributed by atoms with E-state index in [-0.39, 0.29) is 30.4 Å². The topological polar surface area (TPSA) is 108 Å². The van der Waals surface area contributed by atoms with Crippen LogP contribution in [-0.2, 0) is 4.74 Å². The van der Waals surface area contributed by atoms with Crippen LogP contribution < -0.4 is 11.1 Å². The van der Waals surface area contributed by atoms with Crippen molar-refractivity contribution in [3.63, 3.8) is 0 Å². The minimum absolute atomic E-state index is 0.0761. The minimum atomic E-state index is -0.608. The molecular formula is C10H13N3O3. The van der Waals surface area contributed by atoms with Crippen LogP contribution in [0.15, 0.2) is 24.3 Å². The molecule has 86 valence electrons. The zero-order valence-electron chi connectivity index (χ0n) is 8.56. The molecular weight excluding hydrogens is 210 g/mol. The predicted octanol–water partition coefficient (Wildman–Crippen LogP) is 0.0321. The zero-order chi connectivity index (χ0) is 12.0. The molecule has 1 rings (SSSR count). The van der Waals surface area contributed by atoms with E-state index in [1.807, 2.05) is 0 Å². The van der Waals surface area contributed by atoms with Crippen LogP contribution in [0.2, 0.25) is 0 Å². The van der Waals surface area contributed by atoms with Gasteiger partial charge in [-0.05, 0) is 12.1 Å². The van der Waals surface area contributed by atoms with Crippen LogP contribution in [0.4, 0.5) is 0 Å². The Kier molecular flexibility index (Phi) is 4.14. The van der Waals surface area contributed by atoms with Crippen LogP contribution in [0.1, 0.15) is 10.4 Å². The maximum atomic E-state index is 11.4. The van der Waals surface area contributed by atoms with Gasteiger partial charge in [-0.2, -0.15) is 0 Å². The van der Waals surface area contributed by atoms with Crippen molar-refractivity contribution < 1.29 is 14.6 Å². The number of para-hydroxylation sites is 1. The molecule has 0 atom stereocenters. The lowest BCUT2D eigenvalue weighted by molar-refractivity contribution is 0.0509. The molecule has 0 saturated heterocycles. The second-order valence-electron chi connectivity index (χ2n) is 2.99. The van der Waals surface area contributed by atoms with Gasteiger partial charge < -0.3 is 20.9 Å². The largest absolute Gasteiger partial charge is 0.507 e. The van der Waals surface area contributed by atoms with Gasteiger partial charge in [0.25, 0.3) is 0 Å². The third-order valence-corrected chi connectivity index (χ3v) is 1.77. The van der Waals surface area contributed by atoms with Crippen LogP contribution in [-0.4, -0.2) is 30.2 Å². The number of rotatable bonds is 4. The molecule has 16 heavy (non-hydrogen) atoms. The van der Waals surface area contributed by atoms with Gasteiger partial charge in [-0.1, -0.05) is 12.1 Å². The van der Waals surface area contributed by atoms with E-state index in [0.717, 1.165) is 0 Å². The summed E-state index contributed by atoms with van der Waals surface area (Å²) < 4.78 is 4.85. The fourth-order valence-corrected chi connectivity index (χ4v) is 1.05. The number of phenols is 1. The Morgan fingerprint density at radius 2 is 2.19 bits per heavy atom. The van der Waals surface area contributed by atoms with Crippen molar-refractivity contribution in [1.82, 2.24) is 5.32 Å². The van der Waals surface area contributed by atoms with Crippen LogP contribution in [0.25, 0.3) is 0 Å². The van der Waals surface area contributed by atoms with Crippen molar-refractivity contribution >= 4 is 11.9 Å². The van der Waals surface area contributed by atoms with Crippen LogP contribution in [0, 0.1) is 5.41 Å². The highest BCUT2D eigenvalue weighted by atomic mass is 16.5. The van der Waals surface area contributed by atoms with E-state index in [9.17, 15) is 9.90 Å². The normalized spacial score (nSPS) is 9.50. The summed E-state index contributed by atoms with van der Waals surface area (Å²) in [7, 11) is 0. The Morgan fingerprint density at radius 3 is 2.81 bits per heavy atom. The number of hydrogen-bond donors (Lipinski definition) is 4. The molecule has 5 N–H and O–H groups in total. The molecule has 0 aliphatic heterocycles. The number of carbonyl (C=O) groups excluding carboxylic acids is 1. The van der Waals surface area contributed by atoms with Gasteiger partial charge in [0.1, 0.15) is 17.9 Å². The number of phenolic OH excluding ortho intramolecular Hbond substituents is 1. The SMILES string of the molecule is N=C(N)NCCOC(=O)c1ccccc1O. The molecule has 0 fully saturated rings. The van der Waals surface area contributed by atoms with Crippen molar-refractivity contribution in [2.75, 3.05) is 13.2 Å². The third kappa shape index (κ3) is 3.49. The highest BCUT2D eigenvalue weighted by Crippen LogP contribution is 2.16. The summed E-state index contributed by atoms with van der Waals surface area (Å²) in [6.45, 7) is 0.335. The highest BCUT2D eigenvalue weighted by molar-refractivity contribution is 5.92. The van der Waals surface area contributed by atoms with E-state index in [0.29, 0.717) is 0 Å². The molecule has 1 aromatic rings. The van der Waals surface area contributed by atoms with E-state index in [2.05, 4.69) is 5.32 Å². The minimum Gasteiger partial charge on any atom is -0.507 e. The van der Waals surface area contributed by atoms with Gasteiger partial charge in [0.05, 0.1) is 6.54 Å². The molecule has 0 aliphatic carbocycles. The molecule has 0 radical (unpaired) electrons. The van der Waals surface area contributed by atoms with Gasteiger partial charge in [-0.15, -0.1) is 0 Å². The summed E-state index contributed by atoms with van der Waals surface area (Å²) in [5, 5.41) is 18.7. The summed E-state index contributed by atoms with van der Waals surface area (Å²) >= 11 is 0. The average Bonchev–Trinajstić information content (AvgIpc) is 2.24. The summed E-state index contributed by atoms with van der Waals surface area (Å²) in [5.41, 5.74) is 5.15. The van der Waals surface area contributed by atoms with E-state index >= 15 is 0 Å². The Balaban J connectivity index is 2.41. The number of guanidine groups is 1. The van der Waals surface area contributed by atoms with Crippen molar-refractivity contribution in [3.05, 3.63) is 29.8 Å². The first-order valence-electron chi connectivity index (χ1n) is 4.64. The van der Waals surface area contributed by atoms with Crippen molar-refractivity contribution in [3.8, 4) is 5.75 Å². The molecule has 0 amide bonds. The summed E-state index contributed by atoms with van der Waals surface area (Å²) in [6, 6.07) is 6.12. The first kappa shape index (κ1) is 11.8. The first-order chi connectivity index (χ1) is 7.61. The molecule has 0 aliphatic rings. The predicted molar refractivity (Wildman–Crippen MR) is 58.3 cm³/mol. The molecule has 0 bridgehead atoms. The van der Waals surface area contributed by atoms with Gasteiger partial charge in [-0.25, -0.2) is 4.79 Å². The van der Waals surface area contributed by atoms with Gasteiger partial charge in [-0.3, -0.25) is 5.41 Å².